The number of alkyl carbamates (subject to hydrolysis) is 1. The molecule has 4 aromatic carbocycles. The van der Waals surface area contributed by atoms with Crippen LogP contribution >= 0.6 is 11.6 Å². The molecule has 384 valence electrons. The molecule has 2 N–H and O–H groups in total. The number of ketones is 4. The summed E-state index contributed by atoms with van der Waals surface area (Å²) in [6.45, 7) is 14.6. The molecule has 0 fully saturated rings. The number of hydrogen-bond acceptors (Lipinski definition) is 10. The summed E-state index contributed by atoms with van der Waals surface area (Å²) in [7, 11) is 1.55. The normalized spacial score (nSPS) is 16.8. The van der Waals surface area contributed by atoms with Crippen molar-refractivity contribution in [3.8, 4) is 22.3 Å². The number of unbranched alkanes of at least 4 members (excludes halogenated alkanes) is 1. The molecule has 0 saturated carbocycles. The van der Waals surface area contributed by atoms with Gasteiger partial charge in [0.1, 0.15) is 17.4 Å². The molecule has 1 aliphatic heterocycles. The van der Waals surface area contributed by atoms with Gasteiger partial charge in [0.05, 0.1) is 19.1 Å². The van der Waals surface area contributed by atoms with Crippen LogP contribution in [0.4, 0.5) is 4.79 Å². The van der Waals surface area contributed by atoms with E-state index in [1.165, 1.54) is 4.90 Å². The fraction of sp³-hybridized carbons (Fsp3) is 0.448. The minimum absolute atomic E-state index is 0.0781. The molecule has 0 radical (unpaired) electrons. The molecule has 14 heteroatoms. The Hall–Kier alpha value is -6.47. The van der Waals surface area contributed by atoms with Crippen LogP contribution < -0.4 is 10.6 Å². The zero-order chi connectivity index (χ0) is 52.9. The van der Waals surface area contributed by atoms with E-state index in [9.17, 15) is 33.6 Å². The molecule has 72 heavy (non-hydrogen) atoms. The van der Waals surface area contributed by atoms with E-state index in [4.69, 9.17) is 21.1 Å². The molecule has 0 aromatic heterocycles. The molecule has 0 saturated heterocycles. The number of carbonyl (C=O) groups excluding carboxylic acids is 8. The number of likely N-dealkylation sites (N-methyl/N-ethyl adjacent to an activating group) is 1. The van der Waals surface area contributed by atoms with Crippen LogP contribution in [0.2, 0.25) is 5.02 Å². The number of halogens is 1. The predicted octanol–water partition coefficient (Wildman–Crippen LogP) is 10.5. The van der Waals surface area contributed by atoms with Crippen molar-refractivity contribution in [2.24, 2.45) is 17.8 Å². The van der Waals surface area contributed by atoms with Gasteiger partial charge in [-0.15, -0.1) is 0 Å². The van der Waals surface area contributed by atoms with Crippen LogP contribution in [-0.2, 0) is 44.7 Å². The minimum Gasteiger partial charge on any atom is -0.466 e. The lowest BCUT2D eigenvalue weighted by Crippen LogP contribution is -2.46. The summed E-state index contributed by atoms with van der Waals surface area (Å²) in [6.07, 6.45) is -0.00512. The third kappa shape index (κ3) is 16.0. The number of rotatable bonds is 19. The van der Waals surface area contributed by atoms with Crippen LogP contribution in [0.5, 0.6) is 0 Å². The maximum absolute atomic E-state index is 15.0. The van der Waals surface area contributed by atoms with Gasteiger partial charge >= 0.3 is 12.1 Å². The second-order valence-corrected chi connectivity index (χ2v) is 20.5. The topological polar surface area (TPSA) is 182 Å². The number of nitrogens with zero attached hydrogens (tertiary/aromatic N) is 1. The van der Waals surface area contributed by atoms with Crippen LogP contribution in [0.15, 0.2) is 84.9 Å². The summed E-state index contributed by atoms with van der Waals surface area (Å²) in [5.41, 5.74) is 6.31. The van der Waals surface area contributed by atoms with E-state index in [0.29, 0.717) is 29.0 Å². The first-order chi connectivity index (χ1) is 34.0. The highest BCUT2D eigenvalue weighted by Crippen LogP contribution is 2.35. The highest BCUT2D eigenvalue weighted by atomic mass is 35.5. The number of nitrogens with one attached hydrogen (secondary N) is 2. The third-order valence-electron chi connectivity index (χ3n) is 13.1. The molecule has 3 amide bonds. The van der Waals surface area contributed by atoms with E-state index < -0.39 is 65.1 Å². The first kappa shape index (κ1) is 56.4. The van der Waals surface area contributed by atoms with E-state index in [2.05, 4.69) is 10.6 Å². The summed E-state index contributed by atoms with van der Waals surface area (Å²) < 4.78 is 10.3. The van der Waals surface area contributed by atoms with E-state index in [0.717, 1.165) is 38.9 Å². The average molecular weight is 1000 g/mol. The van der Waals surface area contributed by atoms with Gasteiger partial charge in [0, 0.05) is 67.6 Å². The molecular formula is C58H70ClN3O10. The van der Waals surface area contributed by atoms with Crippen LogP contribution in [0, 0.1) is 31.6 Å². The molecule has 13 nitrogen and oxygen atoms in total. The van der Waals surface area contributed by atoms with Gasteiger partial charge < -0.3 is 25.0 Å². The number of aryl methyl sites for hydroxylation is 2. The summed E-state index contributed by atoms with van der Waals surface area (Å²) in [6, 6.07) is 23.7. The average Bonchev–Trinajstić information content (AvgIpc) is 3.32. The van der Waals surface area contributed by atoms with Gasteiger partial charge in [-0.2, -0.15) is 0 Å². The molecule has 5 atom stereocenters. The molecular weight excluding hydrogens is 934 g/mol. The maximum Gasteiger partial charge on any atom is 0.407 e. The molecule has 1 aliphatic rings. The quantitative estimate of drug-likeness (QED) is 0.0521. The van der Waals surface area contributed by atoms with Crippen molar-refractivity contribution in [3.05, 3.63) is 118 Å². The lowest BCUT2D eigenvalue weighted by molar-refractivity contribution is -0.144. The number of amides is 3. The van der Waals surface area contributed by atoms with Crippen molar-refractivity contribution >= 4 is 58.6 Å². The number of carbonyl (C=O) groups is 8. The Balaban J connectivity index is 1.46. The molecule has 4 bridgehead atoms. The fourth-order valence-electron chi connectivity index (χ4n) is 8.96. The Morgan fingerprint density at radius 3 is 2.08 bits per heavy atom. The summed E-state index contributed by atoms with van der Waals surface area (Å²) in [4.78, 5) is 111. The Kier molecular flexibility index (Phi) is 20.2. The number of benzene rings is 4. The second-order valence-electron chi connectivity index (χ2n) is 20.1. The molecule has 0 unspecified atom stereocenters. The van der Waals surface area contributed by atoms with E-state index >= 15 is 4.79 Å². The zero-order valence-electron chi connectivity index (χ0n) is 43.2. The van der Waals surface area contributed by atoms with Crippen LogP contribution in [0.25, 0.3) is 22.3 Å². The van der Waals surface area contributed by atoms with Crippen molar-refractivity contribution in [2.45, 2.75) is 131 Å². The largest absolute Gasteiger partial charge is 0.466 e. The summed E-state index contributed by atoms with van der Waals surface area (Å²) in [5.74, 6) is -5.32. The number of esters is 1. The van der Waals surface area contributed by atoms with Crippen LogP contribution in [0.1, 0.15) is 132 Å². The van der Waals surface area contributed by atoms with Gasteiger partial charge in [0.15, 0.2) is 17.3 Å². The highest BCUT2D eigenvalue weighted by Gasteiger charge is 2.36. The van der Waals surface area contributed by atoms with Gasteiger partial charge in [-0.25, -0.2) is 4.79 Å². The number of ether oxygens (including phenoxy) is 2. The number of hydrogen-bond donors (Lipinski definition) is 2. The van der Waals surface area contributed by atoms with Gasteiger partial charge in [0.2, 0.25) is 11.8 Å². The third-order valence-corrected chi connectivity index (χ3v) is 13.3. The Morgan fingerprint density at radius 1 is 0.819 bits per heavy atom. The molecule has 0 aliphatic carbocycles. The first-order valence-electron chi connectivity index (χ1n) is 24.9. The second kappa shape index (κ2) is 25.8. The van der Waals surface area contributed by atoms with Gasteiger partial charge in [-0.05, 0) is 124 Å². The molecule has 0 spiro atoms. The lowest BCUT2D eigenvalue weighted by atomic mass is 9.86. The van der Waals surface area contributed by atoms with Crippen molar-refractivity contribution < 1.29 is 47.8 Å². The van der Waals surface area contributed by atoms with Crippen molar-refractivity contribution in [3.63, 3.8) is 0 Å². The number of Topliss-reactive ketones (excluding diaryl/α,β-unsaturated/α-hetero) is 4. The molecule has 5 rings (SSSR count). The van der Waals surface area contributed by atoms with E-state index in [1.807, 2.05) is 74.5 Å². The maximum atomic E-state index is 15.0. The summed E-state index contributed by atoms with van der Waals surface area (Å²) >= 11 is 6.11. The van der Waals surface area contributed by atoms with E-state index in [-0.39, 0.29) is 75.4 Å². The molecule has 4 aromatic rings. The SMILES string of the molecule is CCOC(=O)CCC(=O)[C@H](C)CC(=O)[C@@H]1Cc2ccc(C)c(c2)-c2cc(ccc2C)[C@H](N(C)C(=O)[C@H](CCCCNC(=O)OC(C)(C)C)CC(=O)c2ccc(-c3ccc(Cl)cc3)cc2)C(=O)C[C@@H](C)C(=O)N1. The standard InChI is InChI=1S/C58H70ClN3O10/c1-10-71-53(67)27-26-49(63)37(4)29-51(65)48-32-39-16-14-35(2)46(31-39)47-33-43(17-15-36(47)3)54(52(66)30-38(5)55(68)61-48)62(9)56(69)44(13-11-12-28-60-57(70)72-58(6,7)8)34-50(64)42-20-18-40(19-21-42)41-22-24-45(59)25-23-41/h14-25,31,33,37-38,44,48,54H,10-13,26-30,32,34H2,1-9H3,(H,60,70)(H,61,68)/t37-,38-,44-,48+,54+/m1/s1. The minimum atomic E-state index is -1.16. The predicted molar refractivity (Wildman–Crippen MR) is 278 cm³/mol. The van der Waals surface area contributed by atoms with Crippen molar-refractivity contribution in [1.82, 2.24) is 15.5 Å². The van der Waals surface area contributed by atoms with E-state index in [1.54, 1.807) is 72.9 Å². The molecule has 1 heterocycles. The first-order valence-corrected chi connectivity index (χ1v) is 25.3. The lowest BCUT2D eigenvalue weighted by Gasteiger charge is -2.32. The Labute approximate surface area is 429 Å². The van der Waals surface area contributed by atoms with Crippen molar-refractivity contribution in [2.75, 3.05) is 20.2 Å². The van der Waals surface area contributed by atoms with Gasteiger partial charge in [-0.1, -0.05) is 98.6 Å². The smallest absolute Gasteiger partial charge is 0.407 e. The summed E-state index contributed by atoms with van der Waals surface area (Å²) in [5, 5.41) is 6.26. The Morgan fingerprint density at radius 2 is 1.44 bits per heavy atom. The highest BCUT2D eigenvalue weighted by molar-refractivity contribution is 6.30. The zero-order valence-corrected chi connectivity index (χ0v) is 43.9. The van der Waals surface area contributed by atoms with Gasteiger partial charge in [-0.3, -0.25) is 33.6 Å². The number of fused-ring (bicyclic) bond motifs is 5. The van der Waals surface area contributed by atoms with Crippen LogP contribution in [0.3, 0.4) is 0 Å². The van der Waals surface area contributed by atoms with Crippen LogP contribution in [-0.4, -0.2) is 83.8 Å². The Bertz CT molecular complexity index is 2620. The monoisotopic (exact) mass is 1000 g/mol. The van der Waals surface area contributed by atoms with Crippen molar-refractivity contribution in [1.29, 1.82) is 0 Å². The fourth-order valence-corrected chi connectivity index (χ4v) is 9.08. The van der Waals surface area contributed by atoms with Gasteiger partial charge in [0.25, 0.3) is 0 Å².